The molecule has 0 aliphatic heterocycles. The van der Waals surface area contributed by atoms with Crippen molar-refractivity contribution in [3.05, 3.63) is 82.9 Å². The van der Waals surface area contributed by atoms with E-state index < -0.39 is 5.97 Å². The Morgan fingerprint density at radius 1 is 1.26 bits per heavy atom. The molecule has 138 valence electrons. The second kappa shape index (κ2) is 8.56. The number of phenolic OH excluding ortho intramolecular Hbond substituents is 1. The van der Waals surface area contributed by atoms with Crippen LogP contribution in [0.5, 0.6) is 5.75 Å². The Hall–Kier alpha value is -3.05. The van der Waals surface area contributed by atoms with Crippen molar-refractivity contribution in [1.82, 2.24) is 9.55 Å². The zero-order valence-electron chi connectivity index (χ0n) is 14.8. The van der Waals surface area contributed by atoms with Crippen LogP contribution in [0.15, 0.2) is 60.9 Å². The van der Waals surface area contributed by atoms with Gasteiger partial charge in [-0.25, -0.2) is 9.78 Å². The number of ether oxygens (including phenoxy) is 1. The molecule has 0 spiro atoms. The van der Waals surface area contributed by atoms with Gasteiger partial charge in [0.15, 0.2) is 0 Å². The van der Waals surface area contributed by atoms with E-state index in [0.29, 0.717) is 23.5 Å². The van der Waals surface area contributed by atoms with Crippen LogP contribution in [-0.2, 0) is 16.1 Å². The molecule has 1 heterocycles. The van der Waals surface area contributed by atoms with Gasteiger partial charge in [0.25, 0.3) is 0 Å². The number of imidazole rings is 1. The second-order valence-electron chi connectivity index (χ2n) is 5.85. The molecule has 0 saturated carbocycles. The van der Waals surface area contributed by atoms with Crippen LogP contribution in [0.25, 0.3) is 11.6 Å². The summed E-state index contributed by atoms with van der Waals surface area (Å²) in [5.74, 6) is 0.0146. The molecule has 5 nitrogen and oxygen atoms in total. The summed E-state index contributed by atoms with van der Waals surface area (Å²) < 4.78 is 7.11. The molecule has 1 aromatic heterocycles. The molecule has 0 radical (unpaired) electrons. The Bertz CT molecular complexity index is 965. The van der Waals surface area contributed by atoms with Gasteiger partial charge < -0.3 is 14.4 Å². The van der Waals surface area contributed by atoms with Crippen LogP contribution in [0.1, 0.15) is 23.9 Å². The van der Waals surface area contributed by atoms with Crippen LogP contribution in [0.4, 0.5) is 0 Å². The van der Waals surface area contributed by atoms with Crippen molar-refractivity contribution in [1.29, 1.82) is 0 Å². The molecule has 0 amide bonds. The van der Waals surface area contributed by atoms with Crippen LogP contribution < -0.4 is 0 Å². The van der Waals surface area contributed by atoms with Crippen LogP contribution in [0.2, 0.25) is 5.02 Å². The van der Waals surface area contributed by atoms with Gasteiger partial charge in [0.1, 0.15) is 17.1 Å². The number of carbonyl (C=O) groups excluding carboxylic acids is 1. The number of halogens is 1. The normalized spacial score (nSPS) is 11.4. The summed E-state index contributed by atoms with van der Waals surface area (Å²) in [5.41, 5.74) is 2.07. The van der Waals surface area contributed by atoms with Crippen molar-refractivity contribution >= 4 is 29.2 Å². The molecule has 0 bridgehead atoms. The van der Waals surface area contributed by atoms with E-state index in [-0.39, 0.29) is 17.4 Å². The molecule has 27 heavy (non-hydrogen) atoms. The van der Waals surface area contributed by atoms with Gasteiger partial charge in [-0.3, -0.25) is 0 Å². The summed E-state index contributed by atoms with van der Waals surface area (Å²) in [6.07, 6.45) is 5.13. The average Bonchev–Trinajstić information content (AvgIpc) is 3.11. The van der Waals surface area contributed by atoms with Gasteiger partial charge in [-0.1, -0.05) is 48.0 Å². The molecule has 0 unspecified atom stereocenters. The predicted molar refractivity (Wildman–Crippen MR) is 105 cm³/mol. The lowest BCUT2D eigenvalue weighted by Gasteiger charge is -2.11. The third kappa shape index (κ3) is 4.57. The standard InChI is InChI=1S/C21H19ClN2O3/c1-2-27-21(26)17(12-16-8-9-19(25)18(22)13-16)20-23-10-11-24(20)14-15-6-4-3-5-7-15/h3-13,25H,2,14H2,1H3. The van der Waals surface area contributed by atoms with Gasteiger partial charge in [-0.2, -0.15) is 0 Å². The van der Waals surface area contributed by atoms with Crippen molar-refractivity contribution in [3.8, 4) is 5.75 Å². The number of benzene rings is 2. The maximum Gasteiger partial charge on any atom is 0.341 e. The summed E-state index contributed by atoms with van der Waals surface area (Å²) in [6.45, 7) is 2.58. The number of aromatic hydroxyl groups is 1. The van der Waals surface area contributed by atoms with Gasteiger partial charge >= 0.3 is 5.97 Å². The van der Waals surface area contributed by atoms with E-state index in [1.165, 1.54) is 6.07 Å². The number of esters is 1. The number of carbonyl (C=O) groups is 1. The summed E-state index contributed by atoms with van der Waals surface area (Å²) in [5, 5.41) is 9.81. The van der Waals surface area contributed by atoms with E-state index in [2.05, 4.69) is 4.98 Å². The smallest absolute Gasteiger partial charge is 0.341 e. The molecule has 1 N–H and O–H groups in total. The van der Waals surface area contributed by atoms with Crippen LogP contribution in [-0.4, -0.2) is 27.2 Å². The Kier molecular flexibility index (Phi) is 5.94. The maximum absolute atomic E-state index is 12.6. The minimum atomic E-state index is -0.470. The molecular weight excluding hydrogens is 364 g/mol. The first-order chi connectivity index (χ1) is 13.1. The van der Waals surface area contributed by atoms with E-state index in [4.69, 9.17) is 16.3 Å². The lowest BCUT2D eigenvalue weighted by Crippen LogP contribution is -2.12. The fraction of sp³-hybridized carbons (Fsp3) is 0.143. The first-order valence-corrected chi connectivity index (χ1v) is 8.89. The quantitative estimate of drug-likeness (QED) is 0.507. The highest BCUT2D eigenvalue weighted by Gasteiger charge is 2.19. The molecule has 0 aliphatic rings. The fourth-order valence-corrected chi connectivity index (χ4v) is 2.85. The Labute approximate surface area is 162 Å². The van der Waals surface area contributed by atoms with E-state index in [1.807, 2.05) is 41.1 Å². The van der Waals surface area contributed by atoms with E-state index in [0.717, 1.165) is 5.56 Å². The molecule has 3 rings (SSSR count). The molecule has 6 heteroatoms. The number of phenols is 1. The number of nitrogens with zero attached hydrogens (tertiary/aromatic N) is 2. The van der Waals surface area contributed by atoms with Crippen molar-refractivity contribution in [2.45, 2.75) is 13.5 Å². The summed E-state index contributed by atoms with van der Waals surface area (Å²) >= 11 is 5.99. The Morgan fingerprint density at radius 3 is 2.74 bits per heavy atom. The van der Waals surface area contributed by atoms with Crippen molar-refractivity contribution in [2.75, 3.05) is 6.61 Å². The highest BCUT2D eigenvalue weighted by atomic mass is 35.5. The third-order valence-corrected chi connectivity index (χ3v) is 4.23. The predicted octanol–water partition coefficient (Wildman–Crippen LogP) is 4.39. The zero-order chi connectivity index (χ0) is 19.2. The molecule has 2 aromatic carbocycles. The Balaban J connectivity index is 2.02. The largest absolute Gasteiger partial charge is 0.506 e. The summed E-state index contributed by atoms with van der Waals surface area (Å²) in [7, 11) is 0. The first kappa shape index (κ1) is 18.7. The van der Waals surface area contributed by atoms with Gasteiger partial charge in [-0.15, -0.1) is 0 Å². The van der Waals surface area contributed by atoms with E-state index in [9.17, 15) is 9.90 Å². The molecule has 3 aromatic rings. The highest BCUT2D eigenvalue weighted by molar-refractivity contribution is 6.32. The number of rotatable bonds is 6. The molecule has 0 saturated heterocycles. The molecule has 0 fully saturated rings. The lowest BCUT2D eigenvalue weighted by atomic mass is 10.1. The molecule has 0 atom stereocenters. The van der Waals surface area contributed by atoms with Crippen molar-refractivity contribution < 1.29 is 14.6 Å². The SMILES string of the molecule is CCOC(=O)C(=Cc1ccc(O)c(Cl)c1)c1nccn1Cc1ccccc1. The first-order valence-electron chi connectivity index (χ1n) is 8.51. The summed E-state index contributed by atoms with van der Waals surface area (Å²) in [6, 6.07) is 14.6. The van der Waals surface area contributed by atoms with Gasteiger partial charge in [0.05, 0.1) is 11.6 Å². The number of aromatic nitrogens is 2. The van der Waals surface area contributed by atoms with Gasteiger partial charge in [-0.05, 0) is 36.3 Å². The Morgan fingerprint density at radius 2 is 2.04 bits per heavy atom. The minimum absolute atomic E-state index is 0.0166. The van der Waals surface area contributed by atoms with Crippen LogP contribution in [0.3, 0.4) is 0 Å². The molecular formula is C21H19ClN2O3. The molecule has 0 aliphatic carbocycles. The van der Waals surface area contributed by atoms with Gasteiger partial charge in [0, 0.05) is 18.9 Å². The maximum atomic E-state index is 12.6. The third-order valence-electron chi connectivity index (χ3n) is 3.93. The minimum Gasteiger partial charge on any atom is -0.506 e. The fourth-order valence-electron chi connectivity index (χ4n) is 2.66. The highest BCUT2D eigenvalue weighted by Crippen LogP contribution is 2.26. The van der Waals surface area contributed by atoms with Crippen molar-refractivity contribution in [3.63, 3.8) is 0 Å². The van der Waals surface area contributed by atoms with Crippen LogP contribution in [0, 0.1) is 0 Å². The second-order valence-corrected chi connectivity index (χ2v) is 6.26. The van der Waals surface area contributed by atoms with E-state index in [1.54, 1.807) is 31.3 Å². The lowest BCUT2D eigenvalue weighted by molar-refractivity contribution is -0.136. The zero-order valence-corrected chi connectivity index (χ0v) is 15.6. The number of hydrogen-bond donors (Lipinski definition) is 1. The average molecular weight is 383 g/mol. The van der Waals surface area contributed by atoms with E-state index >= 15 is 0 Å². The van der Waals surface area contributed by atoms with Crippen LogP contribution >= 0.6 is 11.6 Å². The summed E-state index contributed by atoms with van der Waals surface area (Å²) in [4.78, 5) is 16.9. The van der Waals surface area contributed by atoms with Gasteiger partial charge in [0.2, 0.25) is 0 Å². The number of hydrogen-bond acceptors (Lipinski definition) is 4. The van der Waals surface area contributed by atoms with Crippen molar-refractivity contribution in [2.24, 2.45) is 0 Å². The monoisotopic (exact) mass is 382 g/mol. The topological polar surface area (TPSA) is 64.3 Å².